The summed E-state index contributed by atoms with van der Waals surface area (Å²) in [5.41, 5.74) is 0.327. The maximum absolute atomic E-state index is 14.0. The van der Waals surface area contributed by atoms with E-state index in [0.717, 1.165) is 23.9 Å². The van der Waals surface area contributed by atoms with Gasteiger partial charge in [0.1, 0.15) is 17.2 Å². The number of hydrogen-bond acceptors (Lipinski definition) is 4. The van der Waals surface area contributed by atoms with E-state index < -0.39 is 17.5 Å². The number of carbonyl (C=O) groups excluding carboxylic acids is 1. The van der Waals surface area contributed by atoms with Gasteiger partial charge in [0.2, 0.25) is 0 Å². The van der Waals surface area contributed by atoms with Crippen molar-refractivity contribution in [1.82, 2.24) is 9.88 Å². The molecule has 0 unspecified atom stereocenters. The van der Waals surface area contributed by atoms with Crippen LogP contribution in [0.1, 0.15) is 16.8 Å². The van der Waals surface area contributed by atoms with Gasteiger partial charge < -0.3 is 4.90 Å². The highest BCUT2D eigenvalue weighted by Crippen LogP contribution is 2.32. The highest BCUT2D eigenvalue weighted by Gasteiger charge is 2.22. The van der Waals surface area contributed by atoms with Crippen molar-refractivity contribution in [1.29, 1.82) is 0 Å². The molecule has 3 aromatic rings. The zero-order chi connectivity index (χ0) is 19.6. The van der Waals surface area contributed by atoms with E-state index in [1.54, 1.807) is 0 Å². The smallest absolute Gasteiger partial charge is 0.260 e. The Morgan fingerprint density at radius 2 is 1.74 bits per heavy atom. The topological polar surface area (TPSA) is 36.4 Å². The Balaban J connectivity index is 1.97. The molecule has 8 heteroatoms. The molecule has 1 aromatic heterocycles. The molecule has 0 atom stereocenters. The molecule has 0 saturated heterocycles. The van der Waals surface area contributed by atoms with Gasteiger partial charge in [-0.1, -0.05) is 11.3 Å². The first-order valence-electron chi connectivity index (χ1n) is 8.33. The van der Waals surface area contributed by atoms with Gasteiger partial charge in [0.15, 0.2) is 10.9 Å². The minimum absolute atomic E-state index is 0.0286. The van der Waals surface area contributed by atoms with Gasteiger partial charge in [0, 0.05) is 18.2 Å². The van der Waals surface area contributed by atoms with Crippen molar-refractivity contribution < 1.29 is 18.0 Å². The summed E-state index contributed by atoms with van der Waals surface area (Å²) < 4.78 is 41.0. The summed E-state index contributed by atoms with van der Waals surface area (Å²) in [6.45, 7) is 1.08. The zero-order valence-corrected chi connectivity index (χ0v) is 15.7. The second-order valence-electron chi connectivity index (χ2n) is 6.35. The van der Waals surface area contributed by atoms with E-state index in [2.05, 4.69) is 4.98 Å². The molecule has 0 aliphatic rings. The van der Waals surface area contributed by atoms with Crippen molar-refractivity contribution >= 4 is 32.6 Å². The summed E-state index contributed by atoms with van der Waals surface area (Å²) in [4.78, 5) is 20.6. The van der Waals surface area contributed by atoms with Crippen LogP contribution < -0.4 is 4.90 Å². The molecule has 0 saturated carbocycles. The molecule has 0 aliphatic heterocycles. The molecule has 3 rings (SSSR count). The quantitative estimate of drug-likeness (QED) is 0.626. The molecule has 4 nitrogen and oxygen atoms in total. The van der Waals surface area contributed by atoms with Crippen molar-refractivity contribution in [3.63, 3.8) is 0 Å². The first-order valence-corrected chi connectivity index (χ1v) is 9.14. The van der Waals surface area contributed by atoms with Gasteiger partial charge >= 0.3 is 0 Å². The van der Waals surface area contributed by atoms with Crippen LogP contribution in [0.25, 0.3) is 10.2 Å². The minimum atomic E-state index is -0.769. The van der Waals surface area contributed by atoms with Gasteiger partial charge in [-0.2, -0.15) is 0 Å². The molecule has 0 radical (unpaired) electrons. The third kappa shape index (κ3) is 4.45. The number of rotatable bonds is 6. The van der Waals surface area contributed by atoms with Crippen molar-refractivity contribution in [3.8, 4) is 0 Å². The fraction of sp³-hybridized carbons (Fsp3) is 0.263. The second-order valence-corrected chi connectivity index (χ2v) is 7.36. The number of thiazole rings is 1. The van der Waals surface area contributed by atoms with Crippen LogP contribution in [0.15, 0.2) is 36.4 Å². The van der Waals surface area contributed by atoms with Crippen LogP contribution in [-0.2, 0) is 0 Å². The Bertz CT molecular complexity index is 957. The normalized spacial score (nSPS) is 11.3. The third-order valence-corrected chi connectivity index (χ3v) is 4.98. The number of halogens is 3. The highest BCUT2D eigenvalue weighted by atomic mass is 32.1. The molecule has 0 bridgehead atoms. The molecule has 0 spiro atoms. The van der Waals surface area contributed by atoms with Crippen molar-refractivity contribution in [2.75, 3.05) is 32.1 Å². The van der Waals surface area contributed by atoms with Gasteiger partial charge in [-0.25, -0.2) is 18.2 Å². The number of anilines is 1. The number of amides is 1. The van der Waals surface area contributed by atoms with E-state index in [0.29, 0.717) is 23.2 Å². The molecule has 0 fully saturated rings. The van der Waals surface area contributed by atoms with Gasteiger partial charge in [-0.05, 0) is 57.4 Å². The second kappa shape index (κ2) is 8.06. The van der Waals surface area contributed by atoms with Gasteiger partial charge in [-0.15, -0.1) is 0 Å². The first kappa shape index (κ1) is 19.3. The molecule has 1 amide bonds. The van der Waals surface area contributed by atoms with Crippen LogP contribution in [0.2, 0.25) is 0 Å². The molecule has 1 heterocycles. The largest absolute Gasteiger partial charge is 0.309 e. The maximum atomic E-state index is 14.0. The number of aromatic nitrogens is 1. The van der Waals surface area contributed by atoms with E-state index in [-0.39, 0.29) is 16.6 Å². The number of fused-ring (bicyclic) bond motifs is 1. The van der Waals surface area contributed by atoms with Crippen LogP contribution in [-0.4, -0.2) is 43.0 Å². The van der Waals surface area contributed by atoms with Crippen LogP contribution in [0.5, 0.6) is 0 Å². The monoisotopic (exact) mass is 393 g/mol. The molecule has 142 valence electrons. The molecule has 0 N–H and O–H groups in total. The van der Waals surface area contributed by atoms with Crippen LogP contribution in [0, 0.1) is 17.5 Å². The predicted molar refractivity (Wildman–Crippen MR) is 101 cm³/mol. The van der Waals surface area contributed by atoms with E-state index in [9.17, 15) is 18.0 Å². The summed E-state index contributed by atoms with van der Waals surface area (Å²) in [5.74, 6) is -2.27. The summed E-state index contributed by atoms with van der Waals surface area (Å²) in [7, 11) is 3.84. The SMILES string of the molecule is CN(C)CCCN(C(=O)c1ccc(F)cc1)c1nc2c(F)cc(F)cc2s1. The Labute approximate surface area is 158 Å². The predicted octanol–water partition coefficient (Wildman–Crippen LogP) is 4.31. The highest BCUT2D eigenvalue weighted by molar-refractivity contribution is 7.22. The summed E-state index contributed by atoms with van der Waals surface area (Å²) in [5, 5.41) is 0.280. The van der Waals surface area contributed by atoms with Crippen molar-refractivity contribution in [2.45, 2.75) is 6.42 Å². The van der Waals surface area contributed by atoms with E-state index in [1.165, 1.54) is 35.2 Å². The molecule has 0 aliphatic carbocycles. The van der Waals surface area contributed by atoms with E-state index >= 15 is 0 Å². The zero-order valence-electron chi connectivity index (χ0n) is 14.9. The molecule has 2 aromatic carbocycles. The number of benzene rings is 2. The van der Waals surface area contributed by atoms with Crippen molar-refractivity contribution in [3.05, 3.63) is 59.4 Å². The Morgan fingerprint density at radius 1 is 1.04 bits per heavy atom. The average Bonchev–Trinajstić information content (AvgIpc) is 3.02. The summed E-state index contributed by atoms with van der Waals surface area (Å²) in [6.07, 6.45) is 0.659. The summed E-state index contributed by atoms with van der Waals surface area (Å²) >= 11 is 1.04. The fourth-order valence-electron chi connectivity index (χ4n) is 2.64. The van der Waals surface area contributed by atoms with Gasteiger partial charge in [-0.3, -0.25) is 9.69 Å². The van der Waals surface area contributed by atoms with Crippen molar-refractivity contribution in [2.24, 2.45) is 0 Å². The third-order valence-electron chi connectivity index (χ3n) is 3.96. The number of carbonyl (C=O) groups is 1. The lowest BCUT2D eigenvalue weighted by Gasteiger charge is -2.21. The Kier molecular flexibility index (Phi) is 5.76. The van der Waals surface area contributed by atoms with Crippen LogP contribution in [0.3, 0.4) is 0 Å². The molecular formula is C19H18F3N3OS. The molecule has 27 heavy (non-hydrogen) atoms. The maximum Gasteiger partial charge on any atom is 0.260 e. The lowest BCUT2D eigenvalue weighted by Crippen LogP contribution is -2.33. The Hall–Kier alpha value is -2.45. The standard InChI is InChI=1S/C19H18F3N3OS/c1-24(2)8-3-9-25(18(26)12-4-6-13(20)7-5-12)19-23-17-15(22)10-14(21)11-16(17)27-19/h4-7,10-11H,3,8-9H2,1-2H3. The molecular weight excluding hydrogens is 375 g/mol. The summed E-state index contributed by atoms with van der Waals surface area (Å²) in [6, 6.07) is 7.16. The fourth-order valence-corrected chi connectivity index (χ4v) is 3.67. The van der Waals surface area contributed by atoms with Gasteiger partial charge in [0.05, 0.1) is 4.70 Å². The lowest BCUT2D eigenvalue weighted by molar-refractivity contribution is 0.0986. The number of hydrogen-bond donors (Lipinski definition) is 0. The van der Waals surface area contributed by atoms with Crippen LogP contribution in [0.4, 0.5) is 18.3 Å². The number of nitrogens with zero attached hydrogens (tertiary/aromatic N) is 3. The van der Waals surface area contributed by atoms with E-state index in [4.69, 9.17) is 0 Å². The average molecular weight is 393 g/mol. The first-order chi connectivity index (χ1) is 12.8. The minimum Gasteiger partial charge on any atom is -0.309 e. The lowest BCUT2D eigenvalue weighted by atomic mass is 10.2. The van der Waals surface area contributed by atoms with Gasteiger partial charge in [0.25, 0.3) is 5.91 Å². The Morgan fingerprint density at radius 3 is 2.41 bits per heavy atom. The van der Waals surface area contributed by atoms with E-state index in [1.807, 2.05) is 19.0 Å². The van der Waals surface area contributed by atoms with Crippen LogP contribution >= 0.6 is 11.3 Å².